The van der Waals surface area contributed by atoms with E-state index in [9.17, 15) is 5.11 Å². The first-order chi connectivity index (χ1) is 7.28. The third-order valence-corrected chi connectivity index (χ3v) is 2.54. The van der Waals surface area contributed by atoms with E-state index in [1.807, 2.05) is 30.3 Å². The molecule has 1 aromatic carbocycles. The van der Waals surface area contributed by atoms with Gasteiger partial charge in [0.25, 0.3) is 0 Å². The van der Waals surface area contributed by atoms with Crippen LogP contribution in [-0.4, -0.2) is 25.3 Å². The van der Waals surface area contributed by atoms with Gasteiger partial charge in [-0.1, -0.05) is 18.2 Å². The van der Waals surface area contributed by atoms with E-state index in [1.165, 1.54) is 4.80 Å². The summed E-state index contributed by atoms with van der Waals surface area (Å²) in [5, 5.41) is 21.7. The molecule has 0 aliphatic heterocycles. The molecule has 1 aliphatic rings. The van der Waals surface area contributed by atoms with Crippen molar-refractivity contribution < 1.29 is 5.11 Å². The van der Waals surface area contributed by atoms with Crippen LogP contribution in [0.15, 0.2) is 30.3 Å². The van der Waals surface area contributed by atoms with Crippen LogP contribution in [0.25, 0.3) is 5.69 Å². The van der Waals surface area contributed by atoms with E-state index in [0.717, 1.165) is 18.5 Å². The number of benzene rings is 1. The highest BCUT2D eigenvalue weighted by Gasteiger charge is 2.46. The summed E-state index contributed by atoms with van der Waals surface area (Å²) in [5.74, 6) is 0.423. The number of tetrazole rings is 1. The minimum atomic E-state index is -0.812. The van der Waals surface area contributed by atoms with Crippen molar-refractivity contribution in [3.05, 3.63) is 36.2 Å². The molecule has 1 aromatic heterocycles. The topological polar surface area (TPSA) is 63.8 Å². The molecule has 0 spiro atoms. The Balaban J connectivity index is 1.97. The van der Waals surface area contributed by atoms with Gasteiger partial charge in [0, 0.05) is 0 Å². The fourth-order valence-electron chi connectivity index (χ4n) is 1.41. The Morgan fingerprint density at radius 2 is 1.93 bits per heavy atom. The van der Waals surface area contributed by atoms with Gasteiger partial charge in [0.2, 0.25) is 5.82 Å². The maximum Gasteiger partial charge on any atom is 0.206 e. The summed E-state index contributed by atoms with van der Waals surface area (Å²) in [5.41, 5.74) is 0.0352. The zero-order chi connectivity index (χ0) is 10.3. The zero-order valence-electron chi connectivity index (χ0n) is 8.04. The Morgan fingerprint density at radius 1 is 1.20 bits per heavy atom. The number of nitrogens with zero attached hydrogens (tertiary/aromatic N) is 4. The van der Waals surface area contributed by atoms with Gasteiger partial charge in [0.1, 0.15) is 5.60 Å². The van der Waals surface area contributed by atoms with Gasteiger partial charge in [0.15, 0.2) is 0 Å². The molecule has 1 heterocycles. The van der Waals surface area contributed by atoms with Crippen molar-refractivity contribution in [2.75, 3.05) is 0 Å². The van der Waals surface area contributed by atoms with Crippen molar-refractivity contribution in [3.8, 4) is 5.69 Å². The summed E-state index contributed by atoms with van der Waals surface area (Å²) in [6, 6.07) is 9.52. The Kier molecular flexibility index (Phi) is 1.63. The largest absolute Gasteiger partial charge is 0.382 e. The second-order valence-electron chi connectivity index (χ2n) is 3.77. The summed E-state index contributed by atoms with van der Waals surface area (Å²) >= 11 is 0. The van der Waals surface area contributed by atoms with Gasteiger partial charge < -0.3 is 5.11 Å². The first-order valence-corrected chi connectivity index (χ1v) is 4.86. The van der Waals surface area contributed by atoms with E-state index in [0.29, 0.717) is 5.82 Å². The predicted molar refractivity (Wildman–Crippen MR) is 52.3 cm³/mol. The lowest BCUT2D eigenvalue weighted by atomic mass is 10.3. The van der Waals surface area contributed by atoms with E-state index in [-0.39, 0.29) is 0 Å². The van der Waals surface area contributed by atoms with Crippen LogP contribution < -0.4 is 0 Å². The quantitative estimate of drug-likeness (QED) is 0.776. The molecular formula is C10H10N4O. The maximum atomic E-state index is 9.78. The number of para-hydroxylation sites is 1. The van der Waals surface area contributed by atoms with Gasteiger partial charge in [-0.25, -0.2) is 0 Å². The summed E-state index contributed by atoms with van der Waals surface area (Å²) in [6.45, 7) is 0. The molecular weight excluding hydrogens is 192 g/mol. The molecule has 0 amide bonds. The van der Waals surface area contributed by atoms with Crippen LogP contribution >= 0.6 is 0 Å². The van der Waals surface area contributed by atoms with Gasteiger partial charge in [-0.15, -0.1) is 15.0 Å². The zero-order valence-corrected chi connectivity index (χ0v) is 8.04. The molecule has 76 valence electrons. The molecule has 3 rings (SSSR count). The lowest BCUT2D eigenvalue weighted by Gasteiger charge is -1.98. The van der Waals surface area contributed by atoms with Crippen molar-refractivity contribution in [2.45, 2.75) is 18.4 Å². The maximum absolute atomic E-state index is 9.78. The monoisotopic (exact) mass is 202 g/mol. The molecule has 15 heavy (non-hydrogen) atoms. The highest BCUT2D eigenvalue weighted by molar-refractivity contribution is 5.28. The number of hydrogen-bond acceptors (Lipinski definition) is 4. The molecule has 1 fully saturated rings. The summed E-state index contributed by atoms with van der Waals surface area (Å²) in [7, 11) is 0. The molecule has 1 saturated carbocycles. The van der Waals surface area contributed by atoms with Crippen LogP contribution in [-0.2, 0) is 5.60 Å². The molecule has 1 N–H and O–H groups in total. The van der Waals surface area contributed by atoms with Crippen molar-refractivity contribution in [3.63, 3.8) is 0 Å². The van der Waals surface area contributed by atoms with E-state index in [2.05, 4.69) is 15.4 Å². The van der Waals surface area contributed by atoms with Crippen molar-refractivity contribution in [1.82, 2.24) is 20.2 Å². The molecule has 5 heteroatoms. The van der Waals surface area contributed by atoms with Crippen LogP contribution in [0.3, 0.4) is 0 Å². The second-order valence-corrected chi connectivity index (χ2v) is 3.77. The Hall–Kier alpha value is -1.75. The third-order valence-electron chi connectivity index (χ3n) is 2.54. The van der Waals surface area contributed by atoms with Crippen LogP contribution in [0.4, 0.5) is 0 Å². The van der Waals surface area contributed by atoms with Crippen molar-refractivity contribution in [1.29, 1.82) is 0 Å². The molecule has 0 bridgehead atoms. The van der Waals surface area contributed by atoms with Crippen LogP contribution in [0.5, 0.6) is 0 Å². The number of aliphatic hydroxyl groups is 1. The fourth-order valence-corrected chi connectivity index (χ4v) is 1.41. The molecule has 0 radical (unpaired) electrons. The first-order valence-electron chi connectivity index (χ1n) is 4.86. The Bertz CT molecular complexity index is 475. The predicted octanol–water partition coefficient (Wildman–Crippen LogP) is 0.644. The molecule has 2 aromatic rings. The van der Waals surface area contributed by atoms with Crippen LogP contribution in [0.1, 0.15) is 18.7 Å². The van der Waals surface area contributed by atoms with Gasteiger partial charge in [0.05, 0.1) is 5.69 Å². The SMILES string of the molecule is OC1(c2nnn(-c3ccccc3)n2)CC1. The van der Waals surface area contributed by atoms with Crippen molar-refractivity contribution >= 4 is 0 Å². The standard InChI is InChI=1S/C10H10N4O/c15-10(6-7-10)9-11-13-14(12-9)8-4-2-1-3-5-8/h1-5,15H,6-7H2. The Labute approximate surface area is 86.4 Å². The van der Waals surface area contributed by atoms with Gasteiger partial charge >= 0.3 is 0 Å². The minimum Gasteiger partial charge on any atom is -0.382 e. The number of rotatable bonds is 2. The highest BCUT2D eigenvalue weighted by atomic mass is 16.3. The van der Waals surface area contributed by atoms with Crippen LogP contribution in [0, 0.1) is 0 Å². The van der Waals surface area contributed by atoms with Gasteiger partial charge in [-0.05, 0) is 30.2 Å². The number of aromatic nitrogens is 4. The van der Waals surface area contributed by atoms with E-state index in [1.54, 1.807) is 0 Å². The lowest BCUT2D eigenvalue weighted by molar-refractivity contribution is 0.141. The smallest absolute Gasteiger partial charge is 0.206 e. The third kappa shape index (κ3) is 1.41. The summed E-state index contributed by atoms with van der Waals surface area (Å²) in [4.78, 5) is 1.44. The van der Waals surface area contributed by atoms with E-state index < -0.39 is 5.60 Å². The minimum absolute atomic E-state index is 0.423. The normalized spacial score (nSPS) is 17.7. The van der Waals surface area contributed by atoms with E-state index in [4.69, 9.17) is 0 Å². The van der Waals surface area contributed by atoms with E-state index >= 15 is 0 Å². The van der Waals surface area contributed by atoms with Crippen molar-refractivity contribution in [2.24, 2.45) is 0 Å². The van der Waals surface area contributed by atoms with Crippen LogP contribution in [0.2, 0.25) is 0 Å². The molecule has 0 atom stereocenters. The molecule has 1 aliphatic carbocycles. The highest BCUT2D eigenvalue weighted by Crippen LogP contribution is 2.43. The van der Waals surface area contributed by atoms with Gasteiger partial charge in [-0.2, -0.15) is 0 Å². The Morgan fingerprint density at radius 3 is 2.60 bits per heavy atom. The average Bonchev–Trinajstić information content (AvgIpc) is 2.85. The summed E-state index contributed by atoms with van der Waals surface area (Å²) in [6.07, 6.45) is 1.46. The molecule has 0 saturated heterocycles. The number of hydrogen-bond donors (Lipinski definition) is 1. The first kappa shape index (κ1) is 8.55. The average molecular weight is 202 g/mol. The fraction of sp³-hybridized carbons (Fsp3) is 0.300. The molecule has 0 unspecified atom stereocenters. The molecule has 5 nitrogen and oxygen atoms in total. The summed E-state index contributed by atoms with van der Waals surface area (Å²) < 4.78 is 0. The van der Waals surface area contributed by atoms with Gasteiger partial charge in [-0.3, -0.25) is 0 Å². The lowest BCUT2D eigenvalue weighted by Crippen LogP contribution is -2.07. The second kappa shape index (κ2) is 2.87.